The average Bonchev–Trinajstić information content (AvgIpc) is 2.48. The largest absolute Gasteiger partial charge is 0.331 e. The molecule has 0 aliphatic carbocycles. The number of carbonyl (C=O) groups excluding carboxylic acids is 1. The predicted molar refractivity (Wildman–Crippen MR) is 83.0 cm³/mol. The molecule has 2 amide bonds. The third kappa shape index (κ3) is 3.34. The van der Waals surface area contributed by atoms with Crippen LogP contribution in [0.5, 0.6) is 0 Å². The Morgan fingerprint density at radius 1 is 1.33 bits per heavy atom. The first-order chi connectivity index (χ1) is 10.1. The Morgan fingerprint density at radius 3 is 2.86 bits per heavy atom. The fraction of sp³-hybridized carbons (Fsp3) is 0.562. The first kappa shape index (κ1) is 14.7. The van der Waals surface area contributed by atoms with Crippen LogP contribution in [-0.2, 0) is 0 Å². The van der Waals surface area contributed by atoms with E-state index in [2.05, 4.69) is 12.2 Å². The first-order valence-electron chi connectivity index (χ1n) is 7.61. The van der Waals surface area contributed by atoms with Crippen molar-refractivity contribution in [1.29, 1.82) is 0 Å². The van der Waals surface area contributed by atoms with E-state index in [0.717, 1.165) is 48.6 Å². The Kier molecular flexibility index (Phi) is 4.38. The van der Waals surface area contributed by atoms with Crippen LogP contribution in [0.25, 0.3) is 0 Å². The number of fused-ring (bicyclic) bond motifs is 1. The molecule has 114 valence electrons. The second-order valence-electron chi connectivity index (χ2n) is 5.99. The average molecular weight is 308 g/mol. The number of piperidine rings is 1. The van der Waals surface area contributed by atoms with Crippen LogP contribution < -0.4 is 5.32 Å². The molecule has 1 aromatic carbocycles. The minimum Gasteiger partial charge on any atom is -0.331 e. The maximum atomic E-state index is 13.5. The van der Waals surface area contributed by atoms with E-state index in [1.54, 1.807) is 17.8 Å². The molecular formula is C16H21FN2OS. The highest BCUT2D eigenvalue weighted by molar-refractivity contribution is 7.99. The quantitative estimate of drug-likeness (QED) is 0.856. The molecule has 3 rings (SSSR count). The molecule has 1 N–H and O–H groups in total. The van der Waals surface area contributed by atoms with Crippen LogP contribution >= 0.6 is 11.8 Å². The smallest absolute Gasteiger partial charge is 0.317 e. The molecule has 2 heterocycles. The lowest BCUT2D eigenvalue weighted by molar-refractivity contribution is 0.170. The maximum absolute atomic E-state index is 13.5. The van der Waals surface area contributed by atoms with Crippen molar-refractivity contribution < 1.29 is 9.18 Å². The number of halogens is 1. The monoisotopic (exact) mass is 308 g/mol. The number of amides is 2. The zero-order valence-electron chi connectivity index (χ0n) is 12.3. The molecular weight excluding hydrogens is 287 g/mol. The van der Waals surface area contributed by atoms with Crippen molar-refractivity contribution in [2.45, 2.75) is 37.1 Å². The van der Waals surface area contributed by atoms with E-state index in [9.17, 15) is 9.18 Å². The highest BCUT2D eigenvalue weighted by Crippen LogP contribution is 2.36. The highest BCUT2D eigenvalue weighted by Gasteiger charge is 2.26. The molecule has 5 heteroatoms. The number of urea groups is 1. The van der Waals surface area contributed by atoms with Crippen LogP contribution in [0.15, 0.2) is 23.1 Å². The van der Waals surface area contributed by atoms with Gasteiger partial charge in [-0.3, -0.25) is 0 Å². The second-order valence-corrected chi connectivity index (χ2v) is 7.13. The minimum absolute atomic E-state index is 0.00555. The van der Waals surface area contributed by atoms with Crippen molar-refractivity contribution in [2.24, 2.45) is 5.92 Å². The third-order valence-corrected chi connectivity index (χ3v) is 5.50. The number of hydrogen-bond acceptors (Lipinski definition) is 2. The lowest BCUT2D eigenvalue weighted by atomic mass is 9.99. The van der Waals surface area contributed by atoms with Gasteiger partial charge in [-0.2, -0.15) is 0 Å². The van der Waals surface area contributed by atoms with E-state index in [4.69, 9.17) is 0 Å². The SMILES string of the molecule is CC1CCN(C(=O)NC2CCSc3ccc(F)cc32)CC1. The molecule has 2 aliphatic rings. The van der Waals surface area contributed by atoms with Gasteiger partial charge in [0.2, 0.25) is 0 Å². The van der Waals surface area contributed by atoms with E-state index in [1.165, 1.54) is 6.07 Å². The Morgan fingerprint density at radius 2 is 2.10 bits per heavy atom. The van der Waals surface area contributed by atoms with E-state index in [1.807, 2.05) is 11.0 Å². The summed E-state index contributed by atoms with van der Waals surface area (Å²) in [4.78, 5) is 15.4. The summed E-state index contributed by atoms with van der Waals surface area (Å²) in [6, 6.07) is 4.79. The van der Waals surface area contributed by atoms with E-state index >= 15 is 0 Å². The van der Waals surface area contributed by atoms with Crippen LogP contribution in [0.4, 0.5) is 9.18 Å². The van der Waals surface area contributed by atoms with Gasteiger partial charge in [-0.25, -0.2) is 9.18 Å². The molecule has 0 bridgehead atoms. The fourth-order valence-corrected chi connectivity index (χ4v) is 4.07. The van der Waals surface area contributed by atoms with Crippen molar-refractivity contribution >= 4 is 17.8 Å². The summed E-state index contributed by atoms with van der Waals surface area (Å²) >= 11 is 1.73. The molecule has 3 nitrogen and oxygen atoms in total. The lowest BCUT2D eigenvalue weighted by Gasteiger charge is -2.33. The van der Waals surface area contributed by atoms with Gasteiger partial charge in [-0.05, 0) is 48.9 Å². The van der Waals surface area contributed by atoms with Gasteiger partial charge in [-0.1, -0.05) is 6.92 Å². The summed E-state index contributed by atoms with van der Waals surface area (Å²) in [5.41, 5.74) is 0.921. The van der Waals surface area contributed by atoms with Gasteiger partial charge < -0.3 is 10.2 Å². The van der Waals surface area contributed by atoms with Crippen molar-refractivity contribution in [3.05, 3.63) is 29.6 Å². The lowest BCUT2D eigenvalue weighted by Crippen LogP contribution is -2.45. The summed E-state index contributed by atoms with van der Waals surface area (Å²) in [5, 5.41) is 3.09. The van der Waals surface area contributed by atoms with Gasteiger partial charge >= 0.3 is 6.03 Å². The molecule has 1 aromatic rings. The summed E-state index contributed by atoms with van der Waals surface area (Å²) in [6.45, 7) is 3.88. The van der Waals surface area contributed by atoms with Gasteiger partial charge in [0, 0.05) is 23.7 Å². The Hall–Kier alpha value is -1.23. The summed E-state index contributed by atoms with van der Waals surface area (Å²) in [5.74, 6) is 1.43. The highest BCUT2D eigenvalue weighted by atomic mass is 32.2. The number of rotatable bonds is 1. The third-order valence-electron chi connectivity index (χ3n) is 4.38. The molecule has 0 saturated carbocycles. The van der Waals surface area contributed by atoms with Crippen LogP contribution in [0.1, 0.15) is 37.8 Å². The summed E-state index contributed by atoms with van der Waals surface area (Å²) < 4.78 is 13.5. The Bertz CT molecular complexity index is 529. The summed E-state index contributed by atoms with van der Waals surface area (Å²) in [7, 11) is 0. The zero-order chi connectivity index (χ0) is 14.8. The molecule has 0 radical (unpaired) electrons. The van der Waals surface area contributed by atoms with Crippen LogP contribution in [0, 0.1) is 11.7 Å². The molecule has 1 unspecified atom stereocenters. The minimum atomic E-state index is -0.234. The fourth-order valence-electron chi connectivity index (χ4n) is 2.97. The van der Waals surface area contributed by atoms with Crippen LogP contribution in [0.3, 0.4) is 0 Å². The van der Waals surface area contributed by atoms with Crippen LogP contribution in [0.2, 0.25) is 0 Å². The predicted octanol–water partition coefficient (Wildman–Crippen LogP) is 3.80. The number of carbonyl (C=O) groups is 1. The van der Waals surface area contributed by atoms with Gasteiger partial charge in [0.1, 0.15) is 5.82 Å². The van der Waals surface area contributed by atoms with Crippen molar-refractivity contribution in [3.63, 3.8) is 0 Å². The molecule has 1 saturated heterocycles. The number of benzene rings is 1. The zero-order valence-corrected chi connectivity index (χ0v) is 13.1. The Labute approximate surface area is 129 Å². The number of likely N-dealkylation sites (tertiary alicyclic amines) is 1. The van der Waals surface area contributed by atoms with Gasteiger partial charge in [0.05, 0.1) is 6.04 Å². The second kappa shape index (κ2) is 6.26. The van der Waals surface area contributed by atoms with Crippen molar-refractivity contribution in [3.8, 4) is 0 Å². The van der Waals surface area contributed by atoms with E-state index < -0.39 is 0 Å². The van der Waals surface area contributed by atoms with Gasteiger partial charge in [-0.15, -0.1) is 11.8 Å². The molecule has 2 aliphatic heterocycles. The first-order valence-corrected chi connectivity index (χ1v) is 8.60. The Balaban J connectivity index is 1.68. The normalized spacial score (nSPS) is 22.8. The number of thioether (sulfide) groups is 1. The van der Waals surface area contributed by atoms with Crippen molar-refractivity contribution in [1.82, 2.24) is 10.2 Å². The molecule has 0 aromatic heterocycles. The maximum Gasteiger partial charge on any atom is 0.317 e. The number of nitrogens with zero attached hydrogens (tertiary/aromatic N) is 1. The number of nitrogens with one attached hydrogen (secondary N) is 1. The van der Waals surface area contributed by atoms with E-state index in [-0.39, 0.29) is 17.9 Å². The van der Waals surface area contributed by atoms with Gasteiger partial charge in [0.15, 0.2) is 0 Å². The number of hydrogen-bond donors (Lipinski definition) is 1. The van der Waals surface area contributed by atoms with Crippen molar-refractivity contribution in [2.75, 3.05) is 18.8 Å². The van der Waals surface area contributed by atoms with Crippen LogP contribution in [-0.4, -0.2) is 29.8 Å². The molecule has 1 atom stereocenters. The van der Waals surface area contributed by atoms with Gasteiger partial charge in [0.25, 0.3) is 0 Å². The summed E-state index contributed by atoms with van der Waals surface area (Å²) in [6.07, 6.45) is 3.00. The molecule has 21 heavy (non-hydrogen) atoms. The molecule has 1 fully saturated rings. The van der Waals surface area contributed by atoms with E-state index in [0.29, 0.717) is 5.92 Å². The topological polar surface area (TPSA) is 32.3 Å². The standard InChI is InChI=1S/C16H21FN2OS/c1-11-4-7-19(8-5-11)16(20)18-14-6-9-21-15-3-2-12(17)10-13(14)15/h2-3,10-11,14H,4-9H2,1H3,(H,18,20). The molecule has 0 spiro atoms.